The summed E-state index contributed by atoms with van der Waals surface area (Å²) < 4.78 is 103. The maximum Gasteiger partial charge on any atom is 0.217 e. The highest BCUT2D eigenvalue weighted by molar-refractivity contribution is 5.75. The fraction of sp³-hybridized carbons (Fsp3) is 0.922. The molecule has 27 N–H and O–H groups in total. The van der Waals surface area contributed by atoms with Crippen LogP contribution >= 0.6 is 0 Å². The van der Waals surface area contributed by atoms with Crippen molar-refractivity contribution in [3.8, 4) is 0 Å². The molecule has 9 aliphatic rings. The summed E-state index contributed by atoms with van der Waals surface area (Å²) >= 11 is 0. The van der Waals surface area contributed by atoms with Crippen LogP contribution in [0.5, 0.6) is 0 Å². The molecular formula is C64H107N5O44. The molecule has 9 fully saturated rings. The van der Waals surface area contributed by atoms with E-state index >= 15 is 0 Å². The predicted octanol–water partition coefficient (Wildman–Crippen LogP) is -17.9. The minimum atomic E-state index is -2.26. The Morgan fingerprint density at radius 1 is 0.248 bits per heavy atom. The third-order valence-electron chi connectivity index (χ3n) is 20.7. The van der Waals surface area contributed by atoms with Crippen LogP contribution in [0.3, 0.4) is 0 Å². The maximum atomic E-state index is 13.2. The van der Waals surface area contributed by atoms with E-state index in [0.717, 1.165) is 34.6 Å². The Morgan fingerprint density at radius 2 is 0.522 bits per heavy atom. The average Bonchev–Trinajstić information content (AvgIpc) is 0.765. The monoisotopic (exact) mass is 1650 g/mol. The zero-order valence-corrected chi connectivity index (χ0v) is 61.8. The maximum absolute atomic E-state index is 13.2. The number of nitrogens with one attached hydrogen (secondary N) is 5. The summed E-state index contributed by atoms with van der Waals surface area (Å²) in [5.41, 5.74) is 0. The van der Waals surface area contributed by atoms with E-state index in [2.05, 4.69) is 26.6 Å². The number of ether oxygens (including phenoxy) is 17. The molecule has 49 nitrogen and oxygen atoms in total. The van der Waals surface area contributed by atoms with Crippen LogP contribution < -0.4 is 26.6 Å². The highest BCUT2D eigenvalue weighted by Crippen LogP contribution is 2.41. The first-order chi connectivity index (χ1) is 53.3. The summed E-state index contributed by atoms with van der Waals surface area (Å²) in [5, 5.41) is 258. The molecule has 45 atom stereocenters. The van der Waals surface area contributed by atoms with E-state index in [4.69, 9.17) is 80.5 Å². The van der Waals surface area contributed by atoms with Gasteiger partial charge in [0.25, 0.3) is 0 Å². The second-order valence-corrected chi connectivity index (χ2v) is 28.9. The molecule has 9 heterocycles. The van der Waals surface area contributed by atoms with Gasteiger partial charge in [-0.25, -0.2) is 0 Å². The van der Waals surface area contributed by atoms with E-state index in [1.54, 1.807) is 0 Å². The minimum absolute atomic E-state index is 0.825. The molecule has 0 bridgehead atoms. The summed E-state index contributed by atoms with van der Waals surface area (Å²) in [6, 6.07) is -9.15. The highest BCUT2D eigenvalue weighted by atomic mass is 16.8. The molecule has 5 amide bonds. The van der Waals surface area contributed by atoms with Gasteiger partial charge in [0.05, 0.1) is 58.5 Å². The fourth-order valence-electron chi connectivity index (χ4n) is 14.7. The normalized spacial score (nSPS) is 48.5. The molecule has 0 aromatic rings. The van der Waals surface area contributed by atoms with Crippen LogP contribution in [0.1, 0.15) is 48.5 Å². The molecule has 0 aliphatic carbocycles. The number of carbonyl (C=O) groups excluding carboxylic acids is 5. The van der Waals surface area contributed by atoms with E-state index < -0.39 is 352 Å². The molecule has 0 aromatic carbocycles. The summed E-state index contributed by atoms with van der Waals surface area (Å²) in [5.74, 6) is -4.43. The van der Waals surface area contributed by atoms with Gasteiger partial charge in [0.2, 0.25) is 29.5 Å². The number of aliphatic hydroxyl groups is 22. The van der Waals surface area contributed by atoms with Gasteiger partial charge in [-0.1, -0.05) is 0 Å². The molecule has 9 rings (SSSR count). The Bertz CT molecular complexity index is 3060. The summed E-state index contributed by atoms with van der Waals surface area (Å²) in [6.07, 6.45) is -78.9. The molecule has 0 spiro atoms. The van der Waals surface area contributed by atoms with Gasteiger partial charge in [0.15, 0.2) is 56.6 Å². The van der Waals surface area contributed by atoms with Gasteiger partial charge in [-0.3, -0.25) is 24.0 Å². The summed E-state index contributed by atoms with van der Waals surface area (Å²) in [7, 11) is 0. The van der Waals surface area contributed by atoms with Crippen molar-refractivity contribution in [3.63, 3.8) is 0 Å². The van der Waals surface area contributed by atoms with Gasteiger partial charge < -0.3 is 219 Å². The SMILES string of the molecule is CC(=O)N[C@H]1[C@H](OC[C@H]2OC(O)[C@H](NC(C)=O)[C@@H](O[C@@H]3O[C@H](CO)[C@@H](O[C@@H]4O[C@H](CO)[C@H](O)[C@H](O[C@H]5O[C@H](CO)[C@H](O)[C@H](O)[C@H]5NC(C)=O)[C@H]4O[C@@H]4O[C@@H](C)[C@@H](O)[C@@H](O)[C@@H]4O)[C@H](O)[C@H]3NC(C)=O)[C@H]2O)O[C@H](CO)[C@@H](O[C@@H]2O[C@H](CO)[C@H](O)[C@H](O[C@H]3O[C@H](CO)[C@H](O)[C@H](O)[C@H]3NC(C)=O)[C@H]2O[C@@H]2O[C@@H](C)[C@@H](O)[C@@H](O)[C@@H]2O)[C@@H]1O. The van der Waals surface area contributed by atoms with Crippen LogP contribution in [0.25, 0.3) is 0 Å². The van der Waals surface area contributed by atoms with Gasteiger partial charge >= 0.3 is 0 Å². The molecule has 0 saturated carbocycles. The zero-order chi connectivity index (χ0) is 83.4. The number of aliphatic hydroxyl groups excluding tert-OH is 22. The van der Waals surface area contributed by atoms with E-state index in [-0.39, 0.29) is 0 Å². The standard InChI is InChI=1S/C64H107N5O44/c1-15-34(81)45(92)47(94)61(98-15)112-54-52(110-58-29(65-17(3)76)41(88)36(83)22(8-70)101-58)38(85)24(10-72)103-63(54)107-49-26(12-74)105-57(31(43(49)90)67-19(5)78)97-14-28-40(87)51(33(56(96)100-28)69-21(7)80)109-60-32(68-20(6)79)44(91)50(27(13-75)106-60)108-64-55(113-62-48(95)46(93)35(82)16(2)99-62)53(39(86)25(11-73)104-64)111-59-30(66-18(4)77)42(89)37(84)23(9-71)102-59/h15-16,22-64,70-75,81-96H,8-14H2,1-7H3,(H,65,76)(H,66,77)(H,67,78)(H,68,79)(H,69,80)/t15-,16-,22+,23+,24+,25+,26+,27+,28+,29+,30+,31+,32+,33+,34+,35+,36-,37-,38-,39-,40-,41+,42+,43+,44+,45+,46+,47-,48-,49+,50+,51+,52-,53-,54+,55+,56?,57+,58+,59+,60-,61-,62-,63-,64-/m0/s1. The van der Waals surface area contributed by atoms with Gasteiger partial charge in [-0.15, -0.1) is 0 Å². The van der Waals surface area contributed by atoms with E-state index in [1.165, 1.54) is 13.8 Å². The van der Waals surface area contributed by atoms with Crippen LogP contribution in [0, 0.1) is 0 Å². The second-order valence-electron chi connectivity index (χ2n) is 28.9. The molecule has 1 unspecified atom stereocenters. The Kier molecular flexibility index (Phi) is 33.0. The van der Waals surface area contributed by atoms with Crippen LogP contribution in [-0.4, -0.2) is 464 Å². The molecule has 9 aliphatic heterocycles. The first-order valence-electron chi connectivity index (χ1n) is 36.3. The highest BCUT2D eigenvalue weighted by Gasteiger charge is 2.62. The molecule has 9 saturated heterocycles. The molecular weight excluding hydrogens is 1540 g/mol. The van der Waals surface area contributed by atoms with Gasteiger partial charge in [-0.05, 0) is 13.8 Å². The summed E-state index contributed by atoms with van der Waals surface area (Å²) in [4.78, 5) is 64.2. The first-order valence-corrected chi connectivity index (χ1v) is 36.3. The largest absolute Gasteiger partial charge is 0.394 e. The van der Waals surface area contributed by atoms with E-state index in [1.807, 2.05) is 0 Å². The lowest BCUT2D eigenvalue weighted by Crippen LogP contribution is -2.71. The van der Waals surface area contributed by atoms with Crippen molar-refractivity contribution in [2.24, 2.45) is 0 Å². The lowest BCUT2D eigenvalue weighted by Gasteiger charge is -2.52. The Hall–Kier alpha value is -4.21. The zero-order valence-electron chi connectivity index (χ0n) is 61.8. The van der Waals surface area contributed by atoms with Crippen molar-refractivity contribution in [2.75, 3.05) is 46.2 Å². The molecule has 0 aromatic heterocycles. The Morgan fingerprint density at radius 3 is 0.876 bits per heavy atom. The van der Waals surface area contributed by atoms with Crippen LogP contribution in [-0.2, 0) is 104 Å². The van der Waals surface area contributed by atoms with Gasteiger partial charge in [0.1, 0.15) is 207 Å². The average molecular weight is 1650 g/mol. The minimum Gasteiger partial charge on any atom is -0.394 e. The number of amides is 5. The van der Waals surface area contributed by atoms with Crippen molar-refractivity contribution >= 4 is 29.5 Å². The smallest absolute Gasteiger partial charge is 0.217 e. The lowest BCUT2D eigenvalue weighted by molar-refractivity contribution is -0.400. The van der Waals surface area contributed by atoms with Crippen molar-refractivity contribution in [1.29, 1.82) is 0 Å². The Balaban J connectivity index is 0.980. The third kappa shape index (κ3) is 20.8. The van der Waals surface area contributed by atoms with Crippen LogP contribution in [0.4, 0.5) is 0 Å². The number of hydrogen-bond acceptors (Lipinski definition) is 44. The van der Waals surface area contributed by atoms with Crippen molar-refractivity contribution < 1.29 is 217 Å². The second kappa shape index (κ2) is 40.2. The van der Waals surface area contributed by atoms with Crippen molar-refractivity contribution in [3.05, 3.63) is 0 Å². The van der Waals surface area contributed by atoms with Gasteiger partial charge in [0, 0.05) is 34.6 Å². The lowest BCUT2D eigenvalue weighted by atomic mass is 9.93. The number of carbonyl (C=O) groups is 5. The molecule has 0 radical (unpaired) electrons. The third-order valence-corrected chi connectivity index (χ3v) is 20.7. The fourth-order valence-corrected chi connectivity index (χ4v) is 14.7. The number of hydrogen-bond donors (Lipinski definition) is 27. The molecule has 652 valence electrons. The van der Waals surface area contributed by atoms with Crippen molar-refractivity contribution in [1.82, 2.24) is 26.6 Å². The predicted molar refractivity (Wildman–Crippen MR) is 352 cm³/mol. The van der Waals surface area contributed by atoms with E-state index in [9.17, 15) is 136 Å². The first kappa shape index (κ1) is 92.7. The number of rotatable bonds is 28. The Labute approximate surface area is 642 Å². The molecule has 49 heteroatoms. The van der Waals surface area contributed by atoms with Gasteiger partial charge in [-0.2, -0.15) is 0 Å². The van der Waals surface area contributed by atoms with Crippen LogP contribution in [0.2, 0.25) is 0 Å². The van der Waals surface area contributed by atoms with E-state index in [0.29, 0.717) is 0 Å². The molecule has 113 heavy (non-hydrogen) atoms. The summed E-state index contributed by atoms with van der Waals surface area (Å²) in [6.45, 7) is -0.0642. The van der Waals surface area contributed by atoms with Crippen molar-refractivity contribution in [2.45, 2.75) is 325 Å². The van der Waals surface area contributed by atoms with Crippen LogP contribution in [0.15, 0.2) is 0 Å². The topological polar surface area (TPSA) is 747 Å². The quantitative estimate of drug-likeness (QED) is 0.0346.